The smallest absolute Gasteiger partial charge is 0.161 e. The molecule has 0 aliphatic rings. The summed E-state index contributed by atoms with van der Waals surface area (Å²) in [6.45, 7) is 9.64. The zero-order chi connectivity index (χ0) is 34.1. The first-order valence-electron chi connectivity index (χ1n) is 21.7. The largest absolute Gasteiger partial charge is 0.424 e. The van der Waals surface area contributed by atoms with E-state index in [9.17, 15) is 0 Å². The summed E-state index contributed by atoms with van der Waals surface area (Å²) < 4.78 is 18.5. The second kappa shape index (κ2) is 42.6. The van der Waals surface area contributed by atoms with Gasteiger partial charge in [0.2, 0.25) is 0 Å². The lowest BCUT2D eigenvalue weighted by molar-refractivity contribution is -0.148. The Labute approximate surface area is 305 Å². The van der Waals surface area contributed by atoms with Crippen molar-refractivity contribution in [2.75, 3.05) is 25.6 Å². The lowest BCUT2D eigenvalue weighted by Crippen LogP contribution is -2.19. The van der Waals surface area contributed by atoms with E-state index in [1.54, 1.807) is 0 Å². The highest BCUT2D eigenvalue weighted by molar-refractivity contribution is 7.80. The highest BCUT2D eigenvalue weighted by Crippen LogP contribution is 2.17. The van der Waals surface area contributed by atoms with Gasteiger partial charge in [-0.15, -0.1) is 0 Å². The first kappa shape index (κ1) is 47.4. The molecule has 0 aromatic carbocycles. The third kappa shape index (κ3) is 40.8. The quantitative estimate of drug-likeness (QED) is 0.0297. The van der Waals surface area contributed by atoms with E-state index in [4.69, 9.17) is 13.9 Å². The van der Waals surface area contributed by atoms with Gasteiger partial charge in [-0.3, -0.25) is 0 Å². The topological polar surface area (TPSA) is 27.7 Å². The average molecular weight is 701 g/mol. The van der Waals surface area contributed by atoms with Gasteiger partial charge >= 0.3 is 0 Å². The van der Waals surface area contributed by atoms with Crippen LogP contribution >= 0.6 is 12.6 Å². The number of hydrogen-bond acceptors (Lipinski definition) is 4. The molecule has 0 fully saturated rings. The van der Waals surface area contributed by atoms with Crippen LogP contribution in [0.4, 0.5) is 0 Å². The number of unbranched alkanes of at least 4 members (excludes halogenated alkanes) is 28. The fourth-order valence-electron chi connectivity index (χ4n) is 6.41. The van der Waals surface area contributed by atoms with Gasteiger partial charge < -0.3 is 13.9 Å². The molecule has 0 radical (unpaired) electrons. The highest BCUT2D eigenvalue weighted by Gasteiger charge is 2.09. The Balaban J connectivity index is 3.86. The van der Waals surface area contributed by atoms with Gasteiger partial charge in [0.15, 0.2) is 16.1 Å². The van der Waals surface area contributed by atoms with E-state index in [1.807, 2.05) is 0 Å². The number of ether oxygens (including phenoxy) is 2. The zero-order valence-corrected chi connectivity index (χ0v) is 35.0. The second-order valence-corrected chi connectivity index (χ2v) is 16.7. The number of rotatable bonds is 42. The number of hydrogen-bond donors (Lipinski definition) is 1. The maximum Gasteiger partial charge on any atom is 0.161 e. The Morgan fingerprint density at radius 2 is 0.745 bits per heavy atom. The Morgan fingerprint density at radius 1 is 0.426 bits per heavy atom. The lowest BCUT2D eigenvalue weighted by Gasteiger charge is -2.19. The van der Waals surface area contributed by atoms with Gasteiger partial charge in [0, 0.05) is 19.8 Å². The summed E-state index contributed by atoms with van der Waals surface area (Å²) in [5, 5.41) is 0. The van der Waals surface area contributed by atoms with Crippen LogP contribution < -0.4 is 0 Å². The van der Waals surface area contributed by atoms with Gasteiger partial charge in [-0.25, -0.2) is 0 Å². The molecule has 1 unspecified atom stereocenters. The van der Waals surface area contributed by atoms with Crippen molar-refractivity contribution in [2.24, 2.45) is 5.92 Å². The lowest BCUT2D eigenvalue weighted by atomic mass is 10.1. The van der Waals surface area contributed by atoms with Crippen LogP contribution in [0.5, 0.6) is 0 Å². The van der Waals surface area contributed by atoms with E-state index < -0.39 is 0 Å². The van der Waals surface area contributed by atoms with Crippen LogP contribution in [0.1, 0.15) is 226 Å². The Kier molecular flexibility index (Phi) is 43.0. The minimum absolute atomic E-state index is 0.0245. The van der Waals surface area contributed by atoms with Crippen molar-refractivity contribution in [3.05, 3.63) is 0 Å². The van der Waals surface area contributed by atoms with Crippen LogP contribution in [0.2, 0.25) is 6.04 Å². The van der Waals surface area contributed by atoms with Crippen molar-refractivity contribution >= 4 is 22.4 Å². The molecule has 0 rings (SSSR count). The molecule has 0 N–H and O–H groups in total. The summed E-state index contributed by atoms with van der Waals surface area (Å²) in [7, 11) is -0.298. The molecular formula is C42H88O3SSi. The van der Waals surface area contributed by atoms with E-state index in [-0.39, 0.29) is 16.1 Å². The fraction of sp³-hybridized carbons (Fsp3) is 1.00. The molecule has 0 heterocycles. The molecule has 5 heteroatoms. The van der Waals surface area contributed by atoms with Gasteiger partial charge in [0.1, 0.15) is 0 Å². The summed E-state index contributed by atoms with van der Waals surface area (Å²) >= 11 is 4.37. The Morgan fingerprint density at radius 3 is 1.11 bits per heavy atom. The summed E-state index contributed by atoms with van der Waals surface area (Å²) in [5.74, 6) is 1.73. The molecule has 0 bridgehead atoms. The molecule has 0 spiro atoms. The van der Waals surface area contributed by atoms with E-state index in [2.05, 4.69) is 33.4 Å². The molecule has 3 nitrogen and oxygen atoms in total. The summed E-state index contributed by atoms with van der Waals surface area (Å²) in [4.78, 5) is 0. The number of thiol groups is 1. The summed E-state index contributed by atoms with van der Waals surface area (Å²) in [5.41, 5.74) is 0. The van der Waals surface area contributed by atoms with Crippen LogP contribution in [0.25, 0.3) is 0 Å². The predicted octanol–water partition coefficient (Wildman–Crippen LogP) is 14.0. The normalized spacial score (nSPS) is 12.7. The van der Waals surface area contributed by atoms with Crippen LogP contribution in [0.15, 0.2) is 0 Å². The van der Waals surface area contributed by atoms with Gasteiger partial charge in [-0.1, -0.05) is 194 Å². The van der Waals surface area contributed by atoms with Gasteiger partial charge in [-0.2, -0.15) is 12.6 Å². The van der Waals surface area contributed by atoms with Gasteiger partial charge in [0.05, 0.1) is 0 Å². The first-order chi connectivity index (χ1) is 23.2. The van der Waals surface area contributed by atoms with Crippen molar-refractivity contribution < 1.29 is 13.9 Å². The molecule has 0 aliphatic carbocycles. The molecule has 0 amide bonds. The van der Waals surface area contributed by atoms with Crippen molar-refractivity contribution in [1.82, 2.24) is 0 Å². The zero-order valence-electron chi connectivity index (χ0n) is 32.7. The third-order valence-corrected chi connectivity index (χ3v) is 12.3. The second-order valence-electron chi connectivity index (χ2n) is 14.9. The van der Waals surface area contributed by atoms with E-state index in [1.165, 1.54) is 205 Å². The molecule has 1 atom stereocenters. The van der Waals surface area contributed by atoms with Crippen molar-refractivity contribution in [1.29, 1.82) is 0 Å². The Hall–Kier alpha value is 0.447. The van der Waals surface area contributed by atoms with Crippen molar-refractivity contribution in [3.8, 4) is 0 Å². The van der Waals surface area contributed by atoms with E-state index in [0.29, 0.717) is 0 Å². The summed E-state index contributed by atoms with van der Waals surface area (Å²) in [6.07, 6.45) is 43.6. The Bertz CT molecular complexity index is 526. The first-order valence-corrected chi connectivity index (χ1v) is 23.9. The maximum atomic E-state index is 6.31. The molecular weight excluding hydrogens is 613 g/mol. The molecule has 0 aromatic heterocycles. The minimum atomic E-state index is -0.298. The van der Waals surface area contributed by atoms with E-state index in [0.717, 1.165) is 37.9 Å². The van der Waals surface area contributed by atoms with Gasteiger partial charge in [-0.05, 0) is 49.8 Å². The molecule has 0 aliphatic heterocycles. The molecule has 0 aromatic rings. The standard InChI is InChI=1S/C42H88O3SSi/c1-4-6-8-10-12-14-20-24-28-32-36-43-42(44-37-33-29-25-21-15-13-11-9-7-5-2)35-31-27-23-19-17-16-18-22-26-30-34-38-45-47-40-41(3)39-46/h41-42,46H,4-40,47H2,1-3H3. The van der Waals surface area contributed by atoms with Gasteiger partial charge in [0.25, 0.3) is 0 Å². The minimum Gasteiger partial charge on any atom is -0.424 e. The molecule has 284 valence electrons. The third-order valence-electron chi connectivity index (χ3n) is 9.90. The van der Waals surface area contributed by atoms with Crippen molar-refractivity contribution in [2.45, 2.75) is 239 Å². The van der Waals surface area contributed by atoms with Crippen LogP contribution in [0, 0.1) is 5.92 Å². The van der Waals surface area contributed by atoms with Crippen LogP contribution in [-0.4, -0.2) is 41.6 Å². The van der Waals surface area contributed by atoms with E-state index >= 15 is 0 Å². The van der Waals surface area contributed by atoms with Crippen LogP contribution in [-0.2, 0) is 13.9 Å². The fourth-order valence-corrected chi connectivity index (χ4v) is 8.11. The van der Waals surface area contributed by atoms with Crippen LogP contribution in [0.3, 0.4) is 0 Å². The molecule has 0 saturated heterocycles. The molecule has 0 saturated carbocycles. The monoisotopic (exact) mass is 701 g/mol. The highest BCUT2D eigenvalue weighted by atomic mass is 32.1. The maximum absolute atomic E-state index is 6.31. The predicted molar refractivity (Wildman–Crippen MR) is 217 cm³/mol. The average Bonchev–Trinajstić information content (AvgIpc) is 3.08. The molecule has 47 heavy (non-hydrogen) atoms. The summed E-state index contributed by atoms with van der Waals surface area (Å²) in [6, 6.07) is 1.28. The van der Waals surface area contributed by atoms with Crippen molar-refractivity contribution in [3.63, 3.8) is 0 Å². The SMILES string of the molecule is CCCCCCCCCCCCOC(CCCCCCCCCCCCCO[SiH2]CC(C)CS)OCCCCCCCCCCCC.